The van der Waals surface area contributed by atoms with Crippen LogP contribution in [0.15, 0.2) is 65.1 Å². The molecule has 0 fully saturated rings. The van der Waals surface area contributed by atoms with Gasteiger partial charge in [-0.05, 0) is 46.8 Å². The van der Waals surface area contributed by atoms with Crippen LogP contribution in [0, 0.1) is 0 Å². The van der Waals surface area contributed by atoms with Crippen LogP contribution in [0.3, 0.4) is 0 Å². The average Bonchev–Trinajstić information content (AvgIpc) is 3.49. The second kappa shape index (κ2) is 8.81. The standard InChI is InChI=1S/C24H25N3O3S/c1-26(2)18-8-5-7-16(13-18)19-15-20(17-10-11-21(29-3)22(14-17)30-4)27(25-19)24(28)23-9-6-12-31-23/h5-14,20H,15H2,1-4H3/t20-/m0/s1. The molecule has 6 nitrogen and oxygen atoms in total. The Labute approximate surface area is 186 Å². The fraction of sp³-hybridized carbons (Fsp3) is 0.250. The number of carbonyl (C=O) groups excluding carboxylic acids is 1. The van der Waals surface area contributed by atoms with Crippen LogP contribution < -0.4 is 14.4 Å². The van der Waals surface area contributed by atoms with Crippen molar-refractivity contribution in [2.75, 3.05) is 33.2 Å². The number of amides is 1. The fourth-order valence-electron chi connectivity index (χ4n) is 3.67. The highest BCUT2D eigenvalue weighted by Crippen LogP contribution is 2.38. The maximum Gasteiger partial charge on any atom is 0.284 e. The topological polar surface area (TPSA) is 54.4 Å². The van der Waals surface area contributed by atoms with Crippen molar-refractivity contribution in [2.24, 2.45) is 5.10 Å². The summed E-state index contributed by atoms with van der Waals surface area (Å²) in [5.74, 6) is 1.18. The Hall–Kier alpha value is -3.32. The molecule has 0 aliphatic carbocycles. The van der Waals surface area contributed by atoms with Crippen LogP contribution in [-0.4, -0.2) is 44.9 Å². The molecule has 1 aromatic heterocycles. The van der Waals surface area contributed by atoms with Gasteiger partial charge in [0.2, 0.25) is 0 Å². The zero-order valence-corrected chi connectivity index (χ0v) is 18.8. The molecule has 0 unspecified atom stereocenters. The van der Waals surface area contributed by atoms with Crippen molar-refractivity contribution in [3.05, 3.63) is 76.0 Å². The summed E-state index contributed by atoms with van der Waals surface area (Å²) < 4.78 is 10.9. The molecule has 0 bridgehead atoms. The number of carbonyl (C=O) groups is 1. The third-order valence-corrected chi connectivity index (χ3v) is 6.20. The molecule has 3 aromatic rings. The number of benzene rings is 2. The van der Waals surface area contributed by atoms with E-state index < -0.39 is 0 Å². The highest BCUT2D eigenvalue weighted by molar-refractivity contribution is 7.12. The number of anilines is 1. The van der Waals surface area contributed by atoms with E-state index in [1.165, 1.54) is 11.3 Å². The van der Waals surface area contributed by atoms with Crippen molar-refractivity contribution in [2.45, 2.75) is 12.5 Å². The summed E-state index contributed by atoms with van der Waals surface area (Å²) in [5.41, 5.74) is 3.93. The van der Waals surface area contributed by atoms with Gasteiger partial charge in [0.25, 0.3) is 5.91 Å². The number of thiophene rings is 1. The first-order valence-corrected chi connectivity index (χ1v) is 10.8. The summed E-state index contributed by atoms with van der Waals surface area (Å²) in [7, 11) is 7.24. The normalized spacial score (nSPS) is 15.5. The van der Waals surface area contributed by atoms with E-state index in [4.69, 9.17) is 14.6 Å². The molecule has 0 saturated heterocycles. The van der Waals surface area contributed by atoms with Crippen molar-refractivity contribution < 1.29 is 14.3 Å². The first-order chi connectivity index (χ1) is 15.0. The molecule has 0 spiro atoms. The van der Waals surface area contributed by atoms with Gasteiger partial charge in [0.15, 0.2) is 11.5 Å². The Morgan fingerprint density at radius 2 is 1.87 bits per heavy atom. The van der Waals surface area contributed by atoms with Crippen LogP contribution >= 0.6 is 11.3 Å². The summed E-state index contributed by atoms with van der Waals surface area (Å²) in [4.78, 5) is 16.0. The van der Waals surface area contributed by atoms with E-state index in [1.807, 2.05) is 61.9 Å². The molecule has 7 heteroatoms. The second-order valence-corrected chi connectivity index (χ2v) is 8.40. The van der Waals surface area contributed by atoms with E-state index in [0.29, 0.717) is 22.8 Å². The third kappa shape index (κ3) is 4.14. The number of nitrogens with zero attached hydrogens (tertiary/aromatic N) is 3. The Morgan fingerprint density at radius 1 is 1.06 bits per heavy atom. The molecule has 1 aliphatic heterocycles. The lowest BCUT2D eigenvalue weighted by atomic mass is 9.97. The summed E-state index contributed by atoms with van der Waals surface area (Å²) in [5, 5.41) is 8.29. The van der Waals surface area contributed by atoms with Gasteiger partial charge < -0.3 is 14.4 Å². The molecule has 4 rings (SSSR count). The number of ether oxygens (including phenoxy) is 2. The highest BCUT2D eigenvalue weighted by Gasteiger charge is 2.34. The Morgan fingerprint density at radius 3 is 2.55 bits per heavy atom. The van der Waals surface area contributed by atoms with Gasteiger partial charge in [-0.3, -0.25) is 4.79 Å². The van der Waals surface area contributed by atoms with Crippen molar-refractivity contribution in [3.63, 3.8) is 0 Å². The average molecular weight is 436 g/mol. The minimum atomic E-state index is -0.229. The minimum Gasteiger partial charge on any atom is -0.493 e. The van der Waals surface area contributed by atoms with Crippen molar-refractivity contribution in [1.82, 2.24) is 5.01 Å². The summed E-state index contributed by atoms with van der Waals surface area (Å²) in [6.07, 6.45) is 0.615. The Bertz CT molecular complexity index is 1110. The first kappa shape index (κ1) is 20.9. The van der Waals surface area contributed by atoms with E-state index in [2.05, 4.69) is 17.0 Å². The quantitative estimate of drug-likeness (QED) is 0.557. The van der Waals surface area contributed by atoms with Gasteiger partial charge in [0, 0.05) is 26.2 Å². The molecule has 160 valence electrons. The van der Waals surface area contributed by atoms with Gasteiger partial charge in [-0.2, -0.15) is 5.10 Å². The van der Waals surface area contributed by atoms with Crippen LogP contribution in [0.25, 0.3) is 0 Å². The fourth-order valence-corrected chi connectivity index (χ4v) is 4.32. The van der Waals surface area contributed by atoms with Crippen molar-refractivity contribution in [3.8, 4) is 11.5 Å². The highest BCUT2D eigenvalue weighted by atomic mass is 32.1. The van der Waals surface area contributed by atoms with Crippen molar-refractivity contribution >= 4 is 28.6 Å². The van der Waals surface area contributed by atoms with E-state index in [0.717, 1.165) is 22.5 Å². The van der Waals surface area contributed by atoms with Gasteiger partial charge in [-0.1, -0.05) is 24.3 Å². The number of hydrogen-bond acceptors (Lipinski definition) is 6. The van der Waals surface area contributed by atoms with Gasteiger partial charge in [-0.15, -0.1) is 11.3 Å². The molecule has 0 saturated carbocycles. The van der Waals surface area contributed by atoms with Crippen molar-refractivity contribution in [1.29, 1.82) is 0 Å². The van der Waals surface area contributed by atoms with E-state index in [1.54, 1.807) is 19.2 Å². The Kier molecular flexibility index (Phi) is 5.95. The lowest BCUT2D eigenvalue weighted by Crippen LogP contribution is -2.26. The third-order valence-electron chi connectivity index (χ3n) is 5.34. The Balaban J connectivity index is 1.74. The maximum atomic E-state index is 13.3. The van der Waals surface area contributed by atoms with Gasteiger partial charge in [0.05, 0.1) is 30.9 Å². The molecular weight excluding hydrogens is 410 g/mol. The lowest BCUT2D eigenvalue weighted by Gasteiger charge is -2.22. The smallest absolute Gasteiger partial charge is 0.284 e. The zero-order valence-electron chi connectivity index (χ0n) is 18.0. The number of hydrazone groups is 1. The molecule has 1 atom stereocenters. The van der Waals surface area contributed by atoms with Crippen LogP contribution in [0.4, 0.5) is 5.69 Å². The molecule has 1 aliphatic rings. The monoisotopic (exact) mass is 435 g/mol. The largest absolute Gasteiger partial charge is 0.493 e. The van der Waals surface area contributed by atoms with Crippen LogP contribution in [0.2, 0.25) is 0 Å². The minimum absolute atomic E-state index is 0.103. The lowest BCUT2D eigenvalue weighted by molar-refractivity contribution is 0.0716. The zero-order chi connectivity index (χ0) is 22.0. The summed E-state index contributed by atoms with van der Waals surface area (Å²) in [6, 6.07) is 17.5. The van der Waals surface area contributed by atoms with E-state index >= 15 is 0 Å². The summed E-state index contributed by atoms with van der Waals surface area (Å²) >= 11 is 1.42. The van der Waals surface area contributed by atoms with Gasteiger partial charge in [-0.25, -0.2) is 5.01 Å². The summed E-state index contributed by atoms with van der Waals surface area (Å²) in [6.45, 7) is 0. The number of methoxy groups -OCH3 is 2. The van der Waals surface area contributed by atoms with Crippen LogP contribution in [0.5, 0.6) is 11.5 Å². The predicted octanol–water partition coefficient (Wildman–Crippen LogP) is 4.82. The molecular formula is C24H25N3O3S. The van der Waals surface area contributed by atoms with Crippen LogP contribution in [0.1, 0.15) is 33.3 Å². The maximum absolute atomic E-state index is 13.3. The molecule has 31 heavy (non-hydrogen) atoms. The first-order valence-electron chi connectivity index (χ1n) is 9.96. The van der Waals surface area contributed by atoms with E-state index in [-0.39, 0.29) is 11.9 Å². The van der Waals surface area contributed by atoms with Gasteiger partial charge in [0.1, 0.15) is 0 Å². The van der Waals surface area contributed by atoms with Crippen LogP contribution in [-0.2, 0) is 0 Å². The SMILES string of the molecule is COc1ccc([C@@H]2CC(c3cccc(N(C)C)c3)=NN2C(=O)c2cccs2)cc1OC. The molecule has 2 heterocycles. The molecule has 0 N–H and O–H groups in total. The molecule has 1 amide bonds. The predicted molar refractivity (Wildman–Crippen MR) is 125 cm³/mol. The second-order valence-electron chi connectivity index (χ2n) is 7.45. The molecule has 2 aromatic carbocycles. The number of rotatable bonds is 6. The molecule has 0 radical (unpaired) electrons. The van der Waals surface area contributed by atoms with E-state index in [9.17, 15) is 4.79 Å². The number of hydrogen-bond donors (Lipinski definition) is 0. The van der Waals surface area contributed by atoms with Gasteiger partial charge >= 0.3 is 0 Å².